The van der Waals surface area contributed by atoms with Crippen LogP contribution < -0.4 is 5.32 Å². The number of amides is 1. The van der Waals surface area contributed by atoms with Gasteiger partial charge in [0.25, 0.3) is 0 Å². The Bertz CT molecular complexity index is 593. The normalized spacial score (nSPS) is 14.0. The lowest BCUT2D eigenvalue weighted by Gasteiger charge is -2.29. The molecule has 1 amide bonds. The van der Waals surface area contributed by atoms with Crippen LogP contribution in [0.25, 0.3) is 0 Å². The Kier molecular flexibility index (Phi) is 4.36. The summed E-state index contributed by atoms with van der Waals surface area (Å²) in [6.45, 7) is 2.92. The summed E-state index contributed by atoms with van der Waals surface area (Å²) in [6, 6.07) is 12.2. The van der Waals surface area contributed by atoms with Gasteiger partial charge in [-0.05, 0) is 29.7 Å². The van der Waals surface area contributed by atoms with Crippen molar-refractivity contribution in [1.82, 2.24) is 10.2 Å². The van der Waals surface area contributed by atoms with E-state index in [-0.39, 0.29) is 5.91 Å². The number of nitrogens with one attached hydrogen (secondary N) is 1. The predicted molar refractivity (Wildman–Crippen MR) is 80.6 cm³/mol. The van der Waals surface area contributed by atoms with Crippen LogP contribution in [0.5, 0.6) is 0 Å². The highest BCUT2D eigenvalue weighted by molar-refractivity contribution is 5.76. The van der Waals surface area contributed by atoms with Crippen LogP contribution in [0.1, 0.15) is 23.3 Å². The van der Waals surface area contributed by atoms with E-state index in [4.69, 9.17) is 4.42 Å². The molecular formula is C17H20N2O2. The van der Waals surface area contributed by atoms with Crippen molar-refractivity contribution in [3.05, 3.63) is 59.5 Å². The Hall–Kier alpha value is -2.07. The van der Waals surface area contributed by atoms with Gasteiger partial charge in [-0.25, -0.2) is 0 Å². The van der Waals surface area contributed by atoms with E-state index < -0.39 is 0 Å². The van der Waals surface area contributed by atoms with Crippen molar-refractivity contribution in [2.45, 2.75) is 25.9 Å². The van der Waals surface area contributed by atoms with Crippen LogP contribution in [0.2, 0.25) is 0 Å². The maximum absolute atomic E-state index is 12.2. The number of carbonyl (C=O) groups is 1. The van der Waals surface area contributed by atoms with Crippen molar-refractivity contribution in [1.29, 1.82) is 0 Å². The van der Waals surface area contributed by atoms with E-state index >= 15 is 0 Å². The summed E-state index contributed by atoms with van der Waals surface area (Å²) in [6.07, 6.45) is 3.15. The Labute approximate surface area is 124 Å². The lowest BCUT2D eigenvalue weighted by molar-refractivity contribution is -0.132. The average molecular weight is 284 g/mol. The molecule has 2 aromatic rings. The molecule has 0 unspecified atom stereocenters. The van der Waals surface area contributed by atoms with E-state index in [1.807, 2.05) is 23.1 Å². The fourth-order valence-corrected chi connectivity index (χ4v) is 2.69. The zero-order chi connectivity index (χ0) is 14.5. The zero-order valence-electron chi connectivity index (χ0n) is 12.0. The zero-order valence-corrected chi connectivity index (χ0v) is 12.0. The molecule has 0 saturated carbocycles. The number of hydrogen-bond donors (Lipinski definition) is 1. The quantitative estimate of drug-likeness (QED) is 0.857. The number of hydrogen-bond acceptors (Lipinski definition) is 3. The van der Waals surface area contributed by atoms with Gasteiger partial charge in [-0.1, -0.05) is 24.3 Å². The third kappa shape index (κ3) is 3.52. The van der Waals surface area contributed by atoms with Crippen LogP contribution in [0.3, 0.4) is 0 Å². The van der Waals surface area contributed by atoms with Crippen LogP contribution >= 0.6 is 0 Å². The van der Waals surface area contributed by atoms with Gasteiger partial charge in [0.15, 0.2) is 0 Å². The Morgan fingerprint density at radius 1 is 1.19 bits per heavy atom. The van der Waals surface area contributed by atoms with Crippen molar-refractivity contribution >= 4 is 5.91 Å². The number of fused-ring (bicyclic) bond motifs is 1. The van der Waals surface area contributed by atoms with Crippen LogP contribution in [0.4, 0.5) is 0 Å². The molecule has 0 atom stereocenters. The van der Waals surface area contributed by atoms with Gasteiger partial charge in [0.05, 0.1) is 12.8 Å². The molecule has 0 fully saturated rings. The van der Waals surface area contributed by atoms with E-state index in [1.54, 1.807) is 6.26 Å². The smallest absolute Gasteiger partial charge is 0.224 e. The van der Waals surface area contributed by atoms with Gasteiger partial charge < -0.3 is 14.6 Å². The molecule has 3 rings (SSSR count). The second-order valence-corrected chi connectivity index (χ2v) is 5.34. The van der Waals surface area contributed by atoms with E-state index in [0.717, 1.165) is 25.3 Å². The largest absolute Gasteiger partial charge is 0.468 e. The Balaban J connectivity index is 1.44. The van der Waals surface area contributed by atoms with Gasteiger partial charge in [0, 0.05) is 26.1 Å². The standard InChI is InChI=1S/C17H20N2O2/c20-17(7-9-18-12-16-6-3-11-21-16)19-10-8-14-4-1-2-5-15(14)13-19/h1-6,11,18H,7-10,12-13H2. The summed E-state index contributed by atoms with van der Waals surface area (Å²) in [5.74, 6) is 1.12. The number of carbonyl (C=O) groups excluding carboxylic acids is 1. The molecule has 1 aliphatic heterocycles. The summed E-state index contributed by atoms with van der Waals surface area (Å²) in [4.78, 5) is 14.2. The first-order valence-corrected chi connectivity index (χ1v) is 7.40. The molecule has 1 aromatic carbocycles. The summed E-state index contributed by atoms with van der Waals surface area (Å²) in [5, 5.41) is 3.24. The van der Waals surface area contributed by atoms with Crippen molar-refractivity contribution in [2.24, 2.45) is 0 Å². The third-order valence-corrected chi connectivity index (χ3v) is 3.88. The molecule has 1 N–H and O–H groups in total. The highest BCUT2D eigenvalue weighted by Gasteiger charge is 2.19. The molecule has 0 aliphatic carbocycles. The minimum Gasteiger partial charge on any atom is -0.468 e. The summed E-state index contributed by atoms with van der Waals surface area (Å²) < 4.78 is 5.24. The molecule has 4 nitrogen and oxygen atoms in total. The van der Waals surface area contributed by atoms with Gasteiger partial charge in [-0.3, -0.25) is 4.79 Å². The number of nitrogens with zero attached hydrogens (tertiary/aromatic N) is 1. The second kappa shape index (κ2) is 6.59. The van der Waals surface area contributed by atoms with Gasteiger partial charge in [0.2, 0.25) is 5.91 Å². The molecule has 110 valence electrons. The second-order valence-electron chi connectivity index (χ2n) is 5.34. The van der Waals surface area contributed by atoms with Gasteiger partial charge in [-0.15, -0.1) is 0 Å². The fourth-order valence-electron chi connectivity index (χ4n) is 2.69. The summed E-state index contributed by atoms with van der Waals surface area (Å²) in [7, 11) is 0. The van der Waals surface area contributed by atoms with E-state index in [1.165, 1.54) is 11.1 Å². The molecule has 21 heavy (non-hydrogen) atoms. The summed E-state index contributed by atoms with van der Waals surface area (Å²) in [5.41, 5.74) is 2.65. The van der Waals surface area contributed by atoms with Crippen molar-refractivity contribution in [3.63, 3.8) is 0 Å². The topological polar surface area (TPSA) is 45.5 Å². The average Bonchev–Trinajstić information content (AvgIpc) is 3.04. The van der Waals surface area contributed by atoms with Gasteiger partial charge >= 0.3 is 0 Å². The minimum absolute atomic E-state index is 0.219. The van der Waals surface area contributed by atoms with Gasteiger partial charge in [-0.2, -0.15) is 0 Å². The first kappa shape index (κ1) is 13.9. The molecule has 1 aliphatic rings. The lowest BCUT2D eigenvalue weighted by Crippen LogP contribution is -2.37. The molecule has 0 saturated heterocycles. The minimum atomic E-state index is 0.219. The van der Waals surface area contributed by atoms with Crippen LogP contribution in [0, 0.1) is 0 Å². The molecular weight excluding hydrogens is 264 g/mol. The van der Waals surface area contributed by atoms with Crippen LogP contribution in [-0.2, 0) is 24.3 Å². The highest BCUT2D eigenvalue weighted by Crippen LogP contribution is 2.18. The first-order chi connectivity index (χ1) is 10.3. The molecule has 4 heteroatoms. The van der Waals surface area contributed by atoms with Crippen molar-refractivity contribution < 1.29 is 9.21 Å². The Morgan fingerprint density at radius 3 is 2.86 bits per heavy atom. The van der Waals surface area contributed by atoms with Gasteiger partial charge in [0.1, 0.15) is 5.76 Å². The Morgan fingerprint density at radius 2 is 2.05 bits per heavy atom. The first-order valence-electron chi connectivity index (χ1n) is 7.40. The molecule has 2 heterocycles. The monoisotopic (exact) mass is 284 g/mol. The van der Waals surface area contributed by atoms with Crippen molar-refractivity contribution in [2.75, 3.05) is 13.1 Å². The highest BCUT2D eigenvalue weighted by atomic mass is 16.3. The fraction of sp³-hybridized carbons (Fsp3) is 0.353. The predicted octanol–water partition coefficient (Wildman–Crippen LogP) is 2.34. The van der Waals surface area contributed by atoms with E-state index in [0.29, 0.717) is 19.5 Å². The molecule has 1 aromatic heterocycles. The SMILES string of the molecule is O=C(CCNCc1ccco1)N1CCc2ccccc2C1. The van der Waals surface area contributed by atoms with Crippen LogP contribution in [-0.4, -0.2) is 23.9 Å². The summed E-state index contributed by atoms with van der Waals surface area (Å²) >= 11 is 0. The molecule has 0 radical (unpaired) electrons. The number of benzene rings is 1. The lowest BCUT2D eigenvalue weighted by atomic mass is 10.00. The maximum atomic E-state index is 12.2. The van der Waals surface area contributed by atoms with E-state index in [2.05, 4.69) is 23.5 Å². The molecule has 0 bridgehead atoms. The number of rotatable bonds is 5. The maximum Gasteiger partial charge on any atom is 0.224 e. The van der Waals surface area contributed by atoms with E-state index in [9.17, 15) is 4.79 Å². The third-order valence-electron chi connectivity index (χ3n) is 3.88. The van der Waals surface area contributed by atoms with Crippen molar-refractivity contribution in [3.8, 4) is 0 Å². The molecule has 0 spiro atoms. The van der Waals surface area contributed by atoms with Crippen LogP contribution in [0.15, 0.2) is 47.1 Å². The number of furan rings is 1.